The molecule has 0 saturated carbocycles. The largest absolute Gasteiger partial charge is 0.304 e. The molecule has 6 nitrogen and oxygen atoms in total. The van der Waals surface area contributed by atoms with Crippen LogP contribution in [0.3, 0.4) is 0 Å². The average molecular weight is 232 g/mol. The molecule has 1 N–H and O–H groups in total. The van der Waals surface area contributed by atoms with E-state index in [2.05, 4.69) is 32.5 Å². The first-order valence-electron chi connectivity index (χ1n) is 5.66. The van der Waals surface area contributed by atoms with Gasteiger partial charge in [0.1, 0.15) is 0 Å². The molecule has 0 spiro atoms. The molecular weight excluding hydrogens is 216 g/mol. The number of hydrogen-bond donors (Lipinski definition) is 1. The van der Waals surface area contributed by atoms with Crippen molar-refractivity contribution in [2.24, 2.45) is 7.05 Å². The number of hydrogen-bond acceptors (Lipinski definition) is 5. The molecule has 0 saturated heterocycles. The van der Waals surface area contributed by atoms with Crippen molar-refractivity contribution in [1.29, 1.82) is 0 Å². The highest BCUT2D eigenvalue weighted by Gasteiger charge is 2.18. The van der Waals surface area contributed by atoms with Crippen molar-refractivity contribution in [3.63, 3.8) is 0 Å². The van der Waals surface area contributed by atoms with E-state index in [4.69, 9.17) is 0 Å². The molecule has 0 amide bonds. The Bertz CT molecular complexity index is 452. The van der Waals surface area contributed by atoms with E-state index < -0.39 is 0 Å². The van der Waals surface area contributed by atoms with Crippen molar-refractivity contribution in [3.8, 4) is 0 Å². The van der Waals surface area contributed by atoms with Crippen LogP contribution in [0.2, 0.25) is 0 Å². The summed E-state index contributed by atoms with van der Waals surface area (Å²) in [7, 11) is 1.87. The molecule has 2 rings (SSSR count). The van der Waals surface area contributed by atoms with Crippen molar-refractivity contribution in [3.05, 3.63) is 36.2 Å². The smallest absolute Gasteiger partial charge is 0.0954 e. The quantitative estimate of drug-likeness (QED) is 0.821. The molecule has 0 aliphatic heterocycles. The summed E-state index contributed by atoms with van der Waals surface area (Å²) in [6, 6.07) is -0.0105. The number of nitrogens with one attached hydrogen (secondary N) is 1. The van der Waals surface area contributed by atoms with Gasteiger partial charge in [-0.3, -0.25) is 14.6 Å². The van der Waals surface area contributed by atoms with Crippen LogP contribution in [0, 0.1) is 0 Å². The maximum Gasteiger partial charge on any atom is 0.0954 e. The zero-order valence-electron chi connectivity index (χ0n) is 10.0. The van der Waals surface area contributed by atoms with Gasteiger partial charge >= 0.3 is 0 Å². The molecule has 0 aliphatic rings. The van der Waals surface area contributed by atoms with Crippen LogP contribution >= 0.6 is 0 Å². The van der Waals surface area contributed by atoms with E-state index in [1.165, 1.54) is 0 Å². The van der Waals surface area contributed by atoms with Gasteiger partial charge in [0.15, 0.2) is 0 Å². The van der Waals surface area contributed by atoms with Gasteiger partial charge in [-0.1, -0.05) is 12.1 Å². The Hall–Kier alpha value is -1.82. The summed E-state index contributed by atoms with van der Waals surface area (Å²) in [5.74, 6) is 0. The Labute approximate surface area is 100 Å². The Morgan fingerprint density at radius 2 is 2.24 bits per heavy atom. The zero-order valence-corrected chi connectivity index (χ0v) is 10.0. The highest BCUT2D eigenvalue weighted by atomic mass is 15.4. The van der Waals surface area contributed by atoms with Crippen LogP contribution in [0.25, 0.3) is 0 Å². The van der Waals surface area contributed by atoms with Crippen LogP contribution in [-0.2, 0) is 7.05 Å². The molecule has 0 aromatic carbocycles. The Morgan fingerprint density at radius 1 is 1.35 bits per heavy atom. The number of aromatic nitrogens is 5. The Kier molecular flexibility index (Phi) is 3.77. The number of nitrogens with zero attached hydrogens (tertiary/aromatic N) is 5. The predicted molar refractivity (Wildman–Crippen MR) is 63.2 cm³/mol. The molecule has 0 aliphatic carbocycles. The number of rotatable bonds is 5. The van der Waals surface area contributed by atoms with Crippen LogP contribution in [-0.4, -0.2) is 31.5 Å². The van der Waals surface area contributed by atoms with Gasteiger partial charge in [-0.05, 0) is 13.0 Å². The van der Waals surface area contributed by atoms with E-state index in [9.17, 15) is 0 Å². The zero-order chi connectivity index (χ0) is 12.1. The molecule has 2 heterocycles. The Balaban J connectivity index is 2.29. The fraction of sp³-hybridized carbons (Fsp3) is 0.455. The van der Waals surface area contributed by atoms with Crippen molar-refractivity contribution >= 4 is 0 Å². The highest BCUT2D eigenvalue weighted by Crippen LogP contribution is 2.17. The second kappa shape index (κ2) is 5.49. The molecule has 0 fully saturated rings. The fourth-order valence-electron chi connectivity index (χ4n) is 1.67. The molecule has 90 valence electrons. The standard InChI is InChI=1S/C11H16N6/c1-3-4-14-11(9-7-12-5-6-13-9)10-8-15-16-17(10)2/h5-8,11,14H,3-4H2,1-2H3. The maximum atomic E-state index is 4.34. The van der Waals surface area contributed by atoms with Gasteiger partial charge in [0.05, 0.1) is 29.8 Å². The normalized spacial score (nSPS) is 12.6. The molecule has 2 aromatic heterocycles. The van der Waals surface area contributed by atoms with E-state index in [0.29, 0.717) is 0 Å². The van der Waals surface area contributed by atoms with Crippen LogP contribution in [0.5, 0.6) is 0 Å². The van der Waals surface area contributed by atoms with Gasteiger partial charge in [0.25, 0.3) is 0 Å². The van der Waals surface area contributed by atoms with Crippen LogP contribution < -0.4 is 5.32 Å². The first kappa shape index (κ1) is 11.7. The van der Waals surface area contributed by atoms with Crippen molar-refractivity contribution in [2.45, 2.75) is 19.4 Å². The fourth-order valence-corrected chi connectivity index (χ4v) is 1.67. The summed E-state index contributed by atoms with van der Waals surface area (Å²) >= 11 is 0. The third-order valence-electron chi connectivity index (χ3n) is 2.52. The van der Waals surface area contributed by atoms with Gasteiger partial charge < -0.3 is 5.32 Å². The average Bonchev–Trinajstić information content (AvgIpc) is 2.78. The summed E-state index contributed by atoms with van der Waals surface area (Å²) in [6.07, 6.45) is 7.94. The summed E-state index contributed by atoms with van der Waals surface area (Å²) < 4.78 is 1.75. The summed E-state index contributed by atoms with van der Waals surface area (Å²) in [5.41, 5.74) is 1.87. The lowest BCUT2D eigenvalue weighted by molar-refractivity contribution is 0.539. The molecule has 1 unspecified atom stereocenters. The maximum absolute atomic E-state index is 4.34. The second-order valence-electron chi connectivity index (χ2n) is 3.80. The first-order chi connectivity index (χ1) is 8.33. The third kappa shape index (κ3) is 2.65. The van der Waals surface area contributed by atoms with Crippen molar-refractivity contribution < 1.29 is 0 Å². The Morgan fingerprint density at radius 3 is 2.82 bits per heavy atom. The number of aryl methyl sites for hydroxylation is 1. The van der Waals surface area contributed by atoms with Gasteiger partial charge in [-0.15, -0.1) is 5.10 Å². The minimum absolute atomic E-state index is 0.0105. The topological polar surface area (TPSA) is 68.5 Å². The lowest BCUT2D eigenvalue weighted by Gasteiger charge is -2.17. The summed E-state index contributed by atoms with van der Waals surface area (Å²) in [4.78, 5) is 8.44. The van der Waals surface area contributed by atoms with E-state index in [-0.39, 0.29) is 6.04 Å². The molecule has 17 heavy (non-hydrogen) atoms. The first-order valence-corrected chi connectivity index (χ1v) is 5.66. The SMILES string of the molecule is CCCNC(c1cnccn1)c1cnnn1C. The third-order valence-corrected chi connectivity index (χ3v) is 2.52. The van der Waals surface area contributed by atoms with Gasteiger partial charge in [0.2, 0.25) is 0 Å². The van der Waals surface area contributed by atoms with Crippen molar-refractivity contribution in [1.82, 2.24) is 30.3 Å². The van der Waals surface area contributed by atoms with E-state index >= 15 is 0 Å². The van der Waals surface area contributed by atoms with Crippen molar-refractivity contribution in [2.75, 3.05) is 6.54 Å². The van der Waals surface area contributed by atoms with Crippen LogP contribution in [0.1, 0.15) is 30.8 Å². The molecule has 0 radical (unpaired) electrons. The second-order valence-corrected chi connectivity index (χ2v) is 3.80. The lowest BCUT2D eigenvalue weighted by Crippen LogP contribution is -2.26. The summed E-state index contributed by atoms with van der Waals surface area (Å²) in [5, 5.41) is 11.3. The van der Waals surface area contributed by atoms with Gasteiger partial charge in [-0.25, -0.2) is 0 Å². The summed E-state index contributed by atoms with van der Waals surface area (Å²) in [6.45, 7) is 3.04. The minimum atomic E-state index is -0.0105. The molecule has 1 atom stereocenters. The van der Waals surface area contributed by atoms with E-state index in [0.717, 1.165) is 24.4 Å². The van der Waals surface area contributed by atoms with Crippen LogP contribution in [0.15, 0.2) is 24.8 Å². The monoisotopic (exact) mass is 232 g/mol. The van der Waals surface area contributed by atoms with Crippen LogP contribution in [0.4, 0.5) is 0 Å². The lowest BCUT2D eigenvalue weighted by atomic mass is 10.1. The molecular formula is C11H16N6. The molecule has 0 bridgehead atoms. The predicted octanol–water partition coefficient (Wildman–Crippen LogP) is 0.694. The van der Waals surface area contributed by atoms with E-state index in [1.54, 1.807) is 29.5 Å². The van der Waals surface area contributed by atoms with Gasteiger partial charge in [-0.2, -0.15) is 0 Å². The molecule has 6 heteroatoms. The highest BCUT2D eigenvalue weighted by molar-refractivity contribution is 5.17. The van der Waals surface area contributed by atoms with Gasteiger partial charge in [0, 0.05) is 19.4 Å². The molecule has 2 aromatic rings. The van der Waals surface area contributed by atoms with E-state index in [1.807, 2.05) is 7.05 Å². The minimum Gasteiger partial charge on any atom is -0.304 e.